The lowest BCUT2D eigenvalue weighted by atomic mass is 10.2. The highest BCUT2D eigenvalue weighted by Gasteiger charge is 2.10. The monoisotopic (exact) mass is 535 g/mol. The molecule has 38 heavy (non-hydrogen) atoms. The lowest BCUT2D eigenvalue weighted by Gasteiger charge is -2.12. The first-order chi connectivity index (χ1) is 18.5. The molecule has 0 aromatic heterocycles. The molecule has 3 N–H and O–H groups in total. The number of thiocarbonyl (C=S) groups is 1. The van der Waals surface area contributed by atoms with Crippen LogP contribution in [0.3, 0.4) is 0 Å². The first-order valence-corrected chi connectivity index (χ1v) is 13.0. The van der Waals surface area contributed by atoms with Gasteiger partial charge in [-0.15, -0.1) is 0 Å². The predicted octanol–water partition coefficient (Wildman–Crippen LogP) is 5.05. The van der Waals surface area contributed by atoms with Crippen LogP contribution < -0.4 is 30.4 Å². The molecular formula is C29H33N3O5S. The van der Waals surface area contributed by atoms with E-state index in [1.165, 1.54) is 12.8 Å². The number of nitrogens with one attached hydrogen (secondary N) is 3. The fourth-order valence-electron chi connectivity index (χ4n) is 3.35. The van der Waals surface area contributed by atoms with Crippen LogP contribution in [0.1, 0.15) is 53.3 Å². The lowest BCUT2D eigenvalue weighted by molar-refractivity contribution is 0.0934. The smallest absolute Gasteiger partial charge is 0.269 e. The van der Waals surface area contributed by atoms with Crippen molar-refractivity contribution in [1.29, 1.82) is 0 Å². The molecular weight excluding hydrogens is 502 g/mol. The van der Waals surface area contributed by atoms with Crippen molar-refractivity contribution in [3.63, 3.8) is 0 Å². The van der Waals surface area contributed by atoms with Crippen LogP contribution >= 0.6 is 12.2 Å². The zero-order valence-corrected chi connectivity index (χ0v) is 22.2. The number of unbranched alkanes of at least 4 members (excludes halogenated alkanes) is 3. The number of carbonyl (C=O) groups is 2. The van der Waals surface area contributed by atoms with Gasteiger partial charge in [-0.3, -0.25) is 25.8 Å². The van der Waals surface area contributed by atoms with E-state index in [0.717, 1.165) is 18.6 Å². The molecule has 0 aliphatic rings. The molecule has 8 nitrogen and oxygen atoms in total. The normalized spacial score (nSPS) is 10.2. The molecule has 9 heteroatoms. The molecule has 0 aliphatic carbocycles. The van der Waals surface area contributed by atoms with Crippen LogP contribution in [0.15, 0.2) is 78.9 Å². The maximum absolute atomic E-state index is 12.5. The Bertz CT molecular complexity index is 1160. The van der Waals surface area contributed by atoms with Crippen LogP contribution in [-0.2, 0) is 0 Å². The van der Waals surface area contributed by atoms with Gasteiger partial charge in [-0.1, -0.05) is 44.4 Å². The summed E-state index contributed by atoms with van der Waals surface area (Å²) < 4.78 is 16.9. The standard InChI is InChI=1S/C29H33N3O5S/c1-2-3-4-8-19-35-25-17-13-23(14-18-25)28(34)31-32-29(38)30-27(33)22-11-15-26(16-12-22)37-21-20-36-24-9-6-5-7-10-24/h5-7,9-18H,2-4,8,19-21H2,1H3,(H,31,34)(H2,30,32,33,38). The Morgan fingerprint density at radius 3 is 1.74 bits per heavy atom. The minimum atomic E-state index is -0.420. The summed E-state index contributed by atoms with van der Waals surface area (Å²) in [5, 5.41) is 2.49. The number of hydrogen-bond acceptors (Lipinski definition) is 6. The van der Waals surface area contributed by atoms with E-state index < -0.39 is 11.8 Å². The van der Waals surface area contributed by atoms with Crippen molar-refractivity contribution in [3.05, 3.63) is 90.0 Å². The highest BCUT2D eigenvalue weighted by molar-refractivity contribution is 7.80. The second-order valence-electron chi connectivity index (χ2n) is 8.33. The van der Waals surface area contributed by atoms with E-state index in [4.69, 9.17) is 26.4 Å². The Kier molecular flexibility index (Phi) is 11.9. The molecule has 3 rings (SSSR count). The third-order valence-electron chi connectivity index (χ3n) is 5.38. The third-order valence-corrected chi connectivity index (χ3v) is 5.58. The van der Waals surface area contributed by atoms with E-state index in [2.05, 4.69) is 23.1 Å². The van der Waals surface area contributed by atoms with E-state index in [1.807, 2.05) is 30.3 Å². The van der Waals surface area contributed by atoms with Gasteiger partial charge >= 0.3 is 0 Å². The van der Waals surface area contributed by atoms with Crippen molar-refractivity contribution in [3.8, 4) is 17.2 Å². The number of hydrazine groups is 1. The Morgan fingerprint density at radius 1 is 0.632 bits per heavy atom. The van der Waals surface area contributed by atoms with Crippen molar-refractivity contribution in [2.45, 2.75) is 32.6 Å². The van der Waals surface area contributed by atoms with Crippen molar-refractivity contribution in [2.24, 2.45) is 0 Å². The number of rotatable bonds is 13. The Morgan fingerprint density at radius 2 is 1.16 bits per heavy atom. The van der Waals surface area contributed by atoms with E-state index >= 15 is 0 Å². The van der Waals surface area contributed by atoms with Crippen molar-refractivity contribution >= 4 is 29.1 Å². The minimum absolute atomic E-state index is 0.0335. The number of carbonyl (C=O) groups excluding carboxylic acids is 2. The van der Waals surface area contributed by atoms with Crippen molar-refractivity contribution < 1.29 is 23.8 Å². The van der Waals surface area contributed by atoms with Crippen LogP contribution in [0, 0.1) is 0 Å². The molecule has 0 fully saturated rings. The molecule has 3 aromatic rings. The fourth-order valence-corrected chi connectivity index (χ4v) is 3.50. The summed E-state index contributed by atoms with van der Waals surface area (Å²) >= 11 is 5.12. The first-order valence-electron chi connectivity index (χ1n) is 12.6. The summed E-state index contributed by atoms with van der Waals surface area (Å²) in [4.78, 5) is 24.8. The molecule has 2 amide bonds. The van der Waals surface area contributed by atoms with Crippen LogP contribution in [0.2, 0.25) is 0 Å². The number of benzene rings is 3. The van der Waals surface area contributed by atoms with Gasteiger partial charge < -0.3 is 14.2 Å². The van der Waals surface area contributed by atoms with Crippen molar-refractivity contribution in [1.82, 2.24) is 16.2 Å². The Hall–Kier alpha value is -4.11. The topological polar surface area (TPSA) is 97.9 Å². The predicted molar refractivity (Wildman–Crippen MR) is 151 cm³/mol. The molecule has 0 unspecified atom stereocenters. The van der Waals surface area contributed by atoms with Crippen LogP contribution in [0.4, 0.5) is 0 Å². The quantitative estimate of drug-likeness (QED) is 0.160. The lowest BCUT2D eigenvalue weighted by Crippen LogP contribution is -2.48. The summed E-state index contributed by atoms with van der Waals surface area (Å²) in [7, 11) is 0. The van der Waals surface area contributed by atoms with Gasteiger partial charge in [0, 0.05) is 11.1 Å². The summed E-state index contributed by atoms with van der Waals surface area (Å²) in [6.45, 7) is 3.58. The molecule has 0 spiro atoms. The molecule has 0 heterocycles. The second kappa shape index (κ2) is 15.9. The second-order valence-corrected chi connectivity index (χ2v) is 8.74. The molecule has 0 radical (unpaired) electrons. The number of amides is 2. The summed E-state index contributed by atoms with van der Waals surface area (Å²) in [6, 6.07) is 22.9. The maximum atomic E-state index is 12.5. The Labute approximate surface area is 228 Å². The highest BCUT2D eigenvalue weighted by Crippen LogP contribution is 2.14. The summed E-state index contributed by atoms with van der Waals surface area (Å²) in [6.07, 6.45) is 4.53. The number of hydrogen-bond donors (Lipinski definition) is 3. The van der Waals surface area contributed by atoms with Gasteiger partial charge in [0.15, 0.2) is 5.11 Å². The largest absolute Gasteiger partial charge is 0.494 e. The number of para-hydroxylation sites is 1. The van der Waals surface area contributed by atoms with Crippen molar-refractivity contribution in [2.75, 3.05) is 19.8 Å². The van der Waals surface area contributed by atoms with Gasteiger partial charge in [-0.25, -0.2) is 0 Å². The summed E-state index contributed by atoms with van der Waals surface area (Å²) in [5.41, 5.74) is 5.83. The van der Waals surface area contributed by atoms with Gasteiger partial charge in [0.2, 0.25) is 0 Å². The van der Waals surface area contributed by atoms with Gasteiger partial charge in [0.05, 0.1) is 6.61 Å². The first kappa shape index (κ1) is 28.5. The van der Waals surface area contributed by atoms with E-state index in [-0.39, 0.29) is 5.11 Å². The van der Waals surface area contributed by atoms with E-state index in [9.17, 15) is 9.59 Å². The van der Waals surface area contributed by atoms with Crippen LogP contribution in [0.5, 0.6) is 17.2 Å². The Balaban J connectivity index is 1.34. The van der Waals surface area contributed by atoms with Crippen LogP contribution in [0.25, 0.3) is 0 Å². The van der Waals surface area contributed by atoms with Gasteiger partial charge in [-0.2, -0.15) is 0 Å². The van der Waals surface area contributed by atoms with Gasteiger partial charge in [0.25, 0.3) is 11.8 Å². The van der Waals surface area contributed by atoms with E-state index in [0.29, 0.717) is 42.4 Å². The SMILES string of the molecule is CCCCCCOc1ccc(C(=O)NNC(=S)NC(=O)c2ccc(OCCOc3ccccc3)cc2)cc1. The molecule has 0 bridgehead atoms. The molecule has 0 atom stereocenters. The maximum Gasteiger partial charge on any atom is 0.269 e. The zero-order chi connectivity index (χ0) is 27.0. The highest BCUT2D eigenvalue weighted by atomic mass is 32.1. The average molecular weight is 536 g/mol. The third kappa shape index (κ3) is 10.1. The van der Waals surface area contributed by atoms with E-state index in [1.54, 1.807) is 48.5 Å². The number of ether oxygens (including phenoxy) is 3. The summed E-state index contributed by atoms with van der Waals surface area (Å²) in [5.74, 6) is 1.29. The molecule has 0 aliphatic heterocycles. The fraction of sp³-hybridized carbons (Fsp3) is 0.276. The van der Waals surface area contributed by atoms with Gasteiger partial charge in [0.1, 0.15) is 30.5 Å². The molecule has 3 aromatic carbocycles. The molecule has 0 saturated heterocycles. The minimum Gasteiger partial charge on any atom is -0.494 e. The zero-order valence-electron chi connectivity index (χ0n) is 21.4. The molecule has 200 valence electrons. The van der Waals surface area contributed by atoms with Gasteiger partial charge in [-0.05, 0) is 79.3 Å². The average Bonchev–Trinajstić information content (AvgIpc) is 2.95. The molecule has 0 saturated carbocycles. The van der Waals surface area contributed by atoms with Crippen LogP contribution in [-0.4, -0.2) is 36.7 Å².